The van der Waals surface area contributed by atoms with Crippen molar-refractivity contribution >= 4 is 23.2 Å². The molecular weight excluding hydrogens is 326 g/mol. The number of rotatable bonds is 3. The monoisotopic (exact) mass is 335 g/mol. The van der Waals surface area contributed by atoms with Crippen LogP contribution >= 0.6 is 23.2 Å². The van der Waals surface area contributed by atoms with Gasteiger partial charge in [-0.2, -0.15) is 0 Å². The summed E-state index contributed by atoms with van der Waals surface area (Å²) in [4.78, 5) is 0. The van der Waals surface area contributed by atoms with Gasteiger partial charge in [0.2, 0.25) is 0 Å². The Morgan fingerprint density at radius 2 is 1.48 bits per heavy atom. The van der Waals surface area contributed by atoms with Gasteiger partial charge in [-0.1, -0.05) is 41.4 Å². The highest BCUT2D eigenvalue weighted by molar-refractivity contribution is 6.36. The van der Waals surface area contributed by atoms with Gasteiger partial charge in [0.05, 0.1) is 6.04 Å². The lowest BCUT2D eigenvalue weighted by atomic mass is 9.99. The lowest BCUT2D eigenvalue weighted by molar-refractivity contribution is -0.274. The van der Waals surface area contributed by atoms with Gasteiger partial charge < -0.3 is 10.5 Å². The lowest BCUT2D eigenvalue weighted by Gasteiger charge is -2.16. The summed E-state index contributed by atoms with van der Waals surface area (Å²) in [7, 11) is 0. The second kappa shape index (κ2) is 6.13. The highest BCUT2D eigenvalue weighted by atomic mass is 35.5. The Hall–Kier alpha value is -1.43. The molecule has 21 heavy (non-hydrogen) atoms. The van der Waals surface area contributed by atoms with E-state index in [1.165, 1.54) is 24.3 Å². The van der Waals surface area contributed by atoms with E-state index in [-0.39, 0.29) is 5.75 Å². The average molecular weight is 336 g/mol. The summed E-state index contributed by atoms with van der Waals surface area (Å²) in [6.07, 6.45) is -4.73. The minimum Gasteiger partial charge on any atom is -0.406 e. The summed E-state index contributed by atoms with van der Waals surface area (Å²) in [6.45, 7) is 0. The number of alkyl halides is 3. The zero-order valence-electron chi connectivity index (χ0n) is 10.5. The molecule has 2 aromatic carbocycles. The summed E-state index contributed by atoms with van der Waals surface area (Å²) in [5.41, 5.74) is 7.15. The van der Waals surface area contributed by atoms with Gasteiger partial charge in [-0.3, -0.25) is 0 Å². The van der Waals surface area contributed by atoms with Gasteiger partial charge in [-0.25, -0.2) is 0 Å². The van der Waals surface area contributed by atoms with Crippen molar-refractivity contribution in [2.75, 3.05) is 0 Å². The van der Waals surface area contributed by atoms with E-state index >= 15 is 0 Å². The molecule has 0 amide bonds. The first-order valence-corrected chi connectivity index (χ1v) is 6.59. The molecule has 0 aliphatic carbocycles. The van der Waals surface area contributed by atoms with Crippen LogP contribution in [0.4, 0.5) is 13.2 Å². The molecule has 2 N–H and O–H groups in total. The number of ether oxygens (including phenoxy) is 1. The lowest BCUT2D eigenvalue weighted by Crippen LogP contribution is -2.17. The van der Waals surface area contributed by atoms with Gasteiger partial charge in [0.25, 0.3) is 0 Å². The van der Waals surface area contributed by atoms with Crippen LogP contribution in [0.15, 0.2) is 42.5 Å². The predicted octanol–water partition coefficient (Wildman–Crippen LogP) is 4.94. The summed E-state index contributed by atoms with van der Waals surface area (Å²) >= 11 is 12.1. The van der Waals surface area contributed by atoms with E-state index in [9.17, 15) is 13.2 Å². The third kappa shape index (κ3) is 4.03. The van der Waals surface area contributed by atoms with E-state index in [0.29, 0.717) is 21.2 Å². The molecule has 7 heteroatoms. The van der Waals surface area contributed by atoms with E-state index in [1.54, 1.807) is 18.2 Å². The van der Waals surface area contributed by atoms with Crippen LogP contribution in [0, 0.1) is 0 Å². The molecule has 1 atom stereocenters. The standard InChI is InChI=1S/C14H10Cl2F3NO/c15-10-2-1-3-11(16)12(10)13(20)8-4-6-9(7-5-8)21-14(17,18)19/h1-7,13H,20H2/t13-/m1/s1. The van der Waals surface area contributed by atoms with Crippen LogP contribution < -0.4 is 10.5 Å². The Morgan fingerprint density at radius 3 is 1.95 bits per heavy atom. The van der Waals surface area contributed by atoms with E-state index in [0.717, 1.165) is 0 Å². The van der Waals surface area contributed by atoms with Crippen molar-refractivity contribution in [1.29, 1.82) is 0 Å². The summed E-state index contributed by atoms with van der Waals surface area (Å²) in [6, 6.07) is 9.57. The molecule has 0 saturated carbocycles. The molecule has 2 aromatic rings. The number of hydrogen-bond acceptors (Lipinski definition) is 2. The van der Waals surface area contributed by atoms with Gasteiger partial charge in [0.1, 0.15) is 5.75 Å². The molecule has 0 aromatic heterocycles. The Morgan fingerprint density at radius 1 is 0.952 bits per heavy atom. The van der Waals surface area contributed by atoms with E-state index in [1.807, 2.05) is 0 Å². The predicted molar refractivity (Wildman–Crippen MR) is 75.6 cm³/mol. The molecular formula is C14H10Cl2F3NO. The maximum atomic E-state index is 12.1. The molecule has 0 aliphatic rings. The molecule has 0 unspecified atom stereocenters. The number of benzene rings is 2. The van der Waals surface area contributed by atoms with Gasteiger partial charge in [0, 0.05) is 15.6 Å². The average Bonchev–Trinajstić information content (AvgIpc) is 2.37. The van der Waals surface area contributed by atoms with Gasteiger partial charge in [0.15, 0.2) is 0 Å². The zero-order chi connectivity index (χ0) is 15.6. The highest BCUT2D eigenvalue weighted by Crippen LogP contribution is 2.33. The van der Waals surface area contributed by atoms with Gasteiger partial charge >= 0.3 is 6.36 Å². The van der Waals surface area contributed by atoms with E-state index in [4.69, 9.17) is 28.9 Å². The first-order chi connectivity index (χ1) is 9.78. The third-order valence-corrected chi connectivity index (χ3v) is 3.44. The second-order valence-electron chi connectivity index (χ2n) is 4.23. The van der Waals surface area contributed by atoms with E-state index in [2.05, 4.69) is 4.74 Å². The molecule has 0 radical (unpaired) electrons. The Kier molecular flexibility index (Phi) is 4.66. The Labute approximate surface area is 129 Å². The van der Waals surface area contributed by atoms with Crippen molar-refractivity contribution in [3.63, 3.8) is 0 Å². The van der Waals surface area contributed by atoms with Crippen molar-refractivity contribution in [3.05, 3.63) is 63.6 Å². The van der Waals surface area contributed by atoms with Crippen molar-refractivity contribution in [1.82, 2.24) is 0 Å². The van der Waals surface area contributed by atoms with Crippen LogP contribution in [0.25, 0.3) is 0 Å². The topological polar surface area (TPSA) is 35.2 Å². The van der Waals surface area contributed by atoms with Crippen LogP contribution in [0.2, 0.25) is 10.0 Å². The molecule has 2 nitrogen and oxygen atoms in total. The summed E-state index contributed by atoms with van der Waals surface area (Å²) in [5.74, 6) is -0.316. The van der Waals surface area contributed by atoms with Crippen LogP contribution in [-0.4, -0.2) is 6.36 Å². The largest absolute Gasteiger partial charge is 0.573 e. The Balaban J connectivity index is 2.26. The molecule has 0 spiro atoms. The van der Waals surface area contributed by atoms with Gasteiger partial charge in [-0.05, 0) is 29.8 Å². The second-order valence-corrected chi connectivity index (χ2v) is 5.04. The van der Waals surface area contributed by atoms with Crippen molar-refractivity contribution in [2.45, 2.75) is 12.4 Å². The maximum Gasteiger partial charge on any atom is 0.573 e. The zero-order valence-corrected chi connectivity index (χ0v) is 12.0. The fourth-order valence-corrected chi connectivity index (χ4v) is 2.48. The number of halogens is 5. The molecule has 0 saturated heterocycles. The quantitative estimate of drug-likeness (QED) is 0.862. The number of hydrogen-bond donors (Lipinski definition) is 1. The van der Waals surface area contributed by atoms with Crippen molar-refractivity contribution in [2.24, 2.45) is 5.73 Å². The molecule has 0 bridgehead atoms. The molecule has 0 fully saturated rings. The van der Waals surface area contributed by atoms with Crippen LogP contribution in [0.5, 0.6) is 5.75 Å². The minimum absolute atomic E-state index is 0.316. The molecule has 112 valence electrons. The Bertz CT molecular complexity index is 609. The van der Waals surface area contributed by atoms with Crippen molar-refractivity contribution in [3.8, 4) is 5.75 Å². The number of nitrogens with two attached hydrogens (primary N) is 1. The molecule has 0 heterocycles. The van der Waals surface area contributed by atoms with Crippen LogP contribution in [0.3, 0.4) is 0 Å². The smallest absolute Gasteiger partial charge is 0.406 e. The summed E-state index contributed by atoms with van der Waals surface area (Å²) in [5, 5.41) is 0.788. The normalized spacial score (nSPS) is 13.0. The molecule has 2 rings (SSSR count). The van der Waals surface area contributed by atoms with Crippen molar-refractivity contribution < 1.29 is 17.9 Å². The fourth-order valence-electron chi connectivity index (χ4n) is 1.85. The molecule has 0 aliphatic heterocycles. The minimum atomic E-state index is -4.73. The maximum absolute atomic E-state index is 12.1. The first kappa shape index (κ1) is 15.9. The van der Waals surface area contributed by atoms with E-state index < -0.39 is 12.4 Å². The first-order valence-electron chi connectivity index (χ1n) is 5.83. The van der Waals surface area contributed by atoms with Gasteiger partial charge in [-0.15, -0.1) is 13.2 Å². The summed E-state index contributed by atoms with van der Waals surface area (Å²) < 4.78 is 40.1. The SMILES string of the molecule is N[C@H](c1ccc(OC(F)(F)F)cc1)c1c(Cl)cccc1Cl. The highest BCUT2D eigenvalue weighted by Gasteiger charge is 2.31. The fraction of sp³-hybridized carbons (Fsp3) is 0.143. The third-order valence-electron chi connectivity index (χ3n) is 2.78. The van der Waals surface area contributed by atoms with Crippen LogP contribution in [-0.2, 0) is 0 Å². The van der Waals surface area contributed by atoms with Crippen LogP contribution in [0.1, 0.15) is 17.2 Å².